The van der Waals surface area contributed by atoms with Gasteiger partial charge in [0, 0.05) is 13.1 Å². The molecular formula is C21H19F4N5O2S. The minimum absolute atomic E-state index is 0.301. The van der Waals surface area contributed by atoms with Crippen LogP contribution in [-0.2, 0) is 9.53 Å². The molecule has 0 saturated carbocycles. The first-order valence-corrected chi connectivity index (χ1v) is 10.9. The van der Waals surface area contributed by atoms with Gasteiger partial charge in [0.15, 0.2) is 22.6 Å². The molecule has 0 bridgehead atoms. The van der Waals surface area contributed by atoms with Crippen molar-refractivity contribution in [1.82, 2.24) is 14.8 Å². The molecule has 2 aromatic carbocycles. The Bertz CT molecular complexity index is 1170. The van der Waals surface area contributed by atoms with Crippen molar-refractivity contribution in [1.29, 1.82) is 0 Å². The zero-order valence-corrected chi connectivity index (χ0v) is 18.2. The van der Waals surface area contributed by atoms with Crippen LogP contribution in [0.15, 0.2) is 41.6 Å². The van der Waals surface area contributed by atoms with E-state index in [9.17, 15) is 22.4 Å². The van der Waals surface area contributed by atoms with E-state index < -0.39 is 40.1 Å². The lowest BCUT2D eigenvalue weighted by Gasteiger charge is -2.28. The van der Waals surface area contributed by atoms with Crippen molar-refractivity contribution in [3.8, 4) is 5.69 Å². The van der Waals surface area contributed by atoms with Crippen molar-refractivity contribution in [2.45, 2.75) is 17.3 Å². The monoisotopic (exact) mass is 481 g/mol. The molecular weight excluding hydrogens is 462 g/mol. The normalized spacial score (nSPS) is 14.9. The predicted molar refractivity (Wildman–Crippen MR) is 115 cm³/mol. The summed E-state index contributed by atoms with van der Waals surface area (Å²) in [7, 11) is 0. The maximum Gasteiger partial charge on any atom is 0.237 e. The molecule has 174 valence electrons. The first-order valence-electron chi connectivity index (χ1n) is 10.00. The summed E-state index contributed by atoms with van der Waals surface area (Å²) < 4.78 is 61.5. The Morgan fingerprint density at radius 2 is 1.85 bits per heavy atom. The van der Waals surface area contributed by atoms with Gasteiger partial charge in [-0.05, 0) is 37.3 Å². The largest absolute Gasteiger partial charge is 0.378 e. The molecule has 12 heteroatoms. The van der Waals surface area contributed by atoms with Gasteiger partial charge in [0.05, 0.1) is 29.8 Å². The van der Waals surface area contributed by atoms with E-state index in [-0.39, 0.29) is 0 Å². The summed E-state index contributed by atoms with van der Waals surface area (Å²) >= 11 is 1.00. The van der Waals surface area contributed by atoms with E-state index in [1.807, 2.05) is 4.90 Å². The van der Waals surface area contributed by atoms with E-state index in [0.717, 1.165) is 23.9 Å². The highest BCUT2D eigenvalue weighted by atomic mass is 32.2. The van der Waals surface area contributed by atoms with Crippen LogP contribution >= 0.6 is 11.8 Å². The summed E-state index contributed by atoms with van der Waals surface area (Å²) in [4.78, 5) is 14.6. The molecule has 33 heavy (non-hydrogen) atoms. The second-order valence-electron chi connectivity index (χ2n) is 7.17. The summed E-state index contributed by atoms with van der Waals surface area (Å²) in [6, 6.07) is 7.52. The summed E-state index contributed by atoms with van der Waals surface area (Å²) in [5, 5.41) is 10.1. The van der Waals surface area contributed by atoms with Crippen LogP contribution in [0.4, 0.5) is 29.2 Å². The molecule has 4 rings (SSSR count). The highest BCUT2D eigenvalue weighted by Crippen LogP contribution is 2.31. The van der Waals surface area contributed by atoms with Crippen LogP contribution in [0.5, 0.6) is 0 Å². The molecule has 1 N–H and O–H groups in total. The van der Waals surface area contributed by atoms with Gasteiger partial charge in [0.2, 0.25) is 11.9 Å². The minimum Gasteiger partial charge on any atom is -0.378 e. The smallest absolute Gasteiger partial charge is 0.237 e. The number of carbonyl (C=O) groups is 1. The third kappa shape index (κ3) is 4.96. The van der Waals surface area contributed by atoms with Crippen molar-refractivity contribution >= 4 is 29.3 Å². The third-order valence-corrected chi connectivity index (χ3v) is 5.96. The number of hydrogen-bond donors (Lipinski definition) is 1. The maximum absolute atomic E-state index is 13.9. The van der Waals surface area contributed by atoms with Gasteiger partial charge >= 0.3 is 0 Å². The Morgan fingerprint density at radius 3 is 2.58 bits per heavy atom. The molecule has 3 aromatic rings. The maximum atomic E-state index is 13.9. The van der Waals surface area contributed by atoms with Crippen molar-refractivity contribution in [2.24, 2.45) is 0 Å². The topological polar surface area (TPSA) is 72.3 Å². The van der Waals surface area contributed by atoms with Gasteiger partial charge < -0.3 is 15.0 Å². The number of halogens is 4. The minimum atomic E-state index is -1.67. The van der Waals surface area contributed by atoms with E-state index in [2.05, 4.69) is 15.5 Å². The number of rotatable bonds is 6. The van der Waals surface area contributed by atoms with Crippen LogP contribution in [0.3, 0.4) is 0 Å². The van der Waals surface area contributed by atoms with Crippen molar-refractivity contribution in [2.75, 3.05) is 36.5 Å². The Labute approximate surface area is 190 Å². The second-order valence-corrected chi connectivity index (χ2v) is 8.48. The third-order valence-electron chi connectivity index (χ3n) is 4.92. The highest BCUT2D eigenvalue weighted by molar-refractivity contribution is 8.00. The molecule has 1 aliphatic heterocycles. The van der Waals surface area contributed by atoms with Gasteiger partial charge in [-0.1, -0.05) is 17.8 Å². The number of hydrogen-bond acceptors (Lipinski definition) is 6. The fourth-order valence-electron chi connectivity index (χ4n) is 3.22. The molecule has 1 aliphatic rings. The van der Waals surface area contributed by atoms with Crippen molar-refractivity contribution < 1.29 is 27.1 Å². The van der Waals surface area contributed by atoms with Crippen molar-refractivity contribution in [3.05, 3.63) is 59.7 Å². The SMILES string of the molecule is CC(Sc1nnc(N2CCOCC2)n1-c1cccc(F)c1)C(=O)Nc1ccc(F)c(F)c1F. The number of morpholine rings is 1. The fraction of sp³-hybridized carbons (Fsp3) is 0.286. The van der Waals surface area contributed by atoms with Gasteiger partial charge in [-0.3, -0.25) is 9.36 Å². The molecule has 1 unspecified atom stereocenters. The van der Waals surface area contributed by atoms with Crippen LogP contribution in [0.2, 0.25) is 0 Å². The highest BCUT2D eigenvalue weighted by Gasteiger charge is 2.26. The average molecular weight is 481 g/mol. The lowest BCUT2D eigenvalue weighted by molar-refractivity contribution is -0.115. The number of aromatic nitrogens is 3. The Kier molecular flexibility index (Phi) is 6.84. The number of carbonyl (C=O) groups excluding carboxylic acids is 1. The van der Waals surface area contributed by atoms with Crippen LogP contribution in [0.1, 0.15) is 6.92 Å². The summed E-state index contributed by atoms with van der Waals surface area (Å²) in [6.07, 6.45) is 0. The first-order chi connectivity index (χ1) is 15.8. The second kappa shape index (κ2) is 9.79. The van der Waals surface area contributed by atoms with Gasteiger partial charge in [-0.15, -0.1) is 10.2 Å². The number of anilines is 2. The summed E-state index contributed by atoms with van der Waals surface area (Å²) in [6.45, 7) is 3.65. The molecule has 0 aliphatic carbocycles. The van der Waals surface area contributed by atoms with Crippen LogP contribution < -0.4 is 10.2 Å². The zero-order valence-electron chi connectivity index (χ0n) is 17.4. The van der Waals surface area contributed by atoms with Gasteiger partial charge in [-0.2, -0.15) is 0 Å². The number of ether oxygens (including phenoxy) is 1. The first kappa shape index (κ1) is 23.1. The number of benzene rings is 2. The molecule has 2 heterocycles. The Morgan fingerprint density at radius 1 is 1.09 bits per heavy atom. The van der Waals surface area contributed by atoms with Crippen LogP contribution in [0, 0.1) is 23.3 Å². The van der Waals surface area contributed by atoms with E-state index >= 15 is 0 Å². The number of amides is 1. The van der Waals surface area contributed by atoms with E-state index in [0.29, 0.717) is 43.1 Å². The standard InChI is InChI=1S/C21H19F4N5O2S/c1-12(19(31)26-16-6-5-15(23)17(24)18(16)25)33-21-28-27-20(29-7-9-32-10-8-29)30(21)14-4-2-3-13(22)11-14/h2-6,11-12H,7-10H2,1H3,(H,26,31). The lowest BCUT2D eigenvalue weighted by Crippen LogP contribution is -2.38. The predicted octanol–water partition coefficient (Wildman–Crippen LogP) is 3.78. The van der Waals surface area contributed by atoms with Gasteiger partial charge in [0.1, 0.15) is 5.82 Å². The zero-order chi connectivity index (χ0) is 23.5. The van der Waals surface area contributed by atoms with Crippen LogP contribution in [-0.4, -0.2) is 52.2 Å². The van der Waals surface area contributed by atoms with Gasteiger partial charge in [0.25, 0.3) is 0 Å². The molecule has 1 saturated heterocycles. The van der Waals surface area contributed by atoms with E-state index in [1.165, 1.54) is 19.1 Å². The molecule has 1 amide bonds. The fourth-order valence-corrected chi connectivity index (χ4v) is 4.08. The summed E-state index contributed by atoms with van der Waals surface area (Å²) in [5.74, 6) is -5.17. The molecule has 1 atom stereocenters. The number of thioether (sulfide) groups is 1. The van der Waals surface area contributed by atoms with Crippen molar-refractivity contribution in [3.63, 3.8) is 0 Å². The number of nitrogens with zero attached hydrogens (tertiary/aromatic N) is 4. The lowest BCUT2D eigenvalue weighted by atomic mass is 10.2. The molecule has 0 radical (unpaired) electrons. The Balaban J connectivity index is 1.60. The van der Waals surface area contributed by atoms with E-state index in [4.69, 9.17) is 4.74 Å². The molecule has 1 aromatic heterocycles. The molecule has 7 nitrogen and oxygen atoms in total. The number of nitrogens with one attached hydrogen (secondary N) is 1. The summed E-state index contributed by atoms with van der Waals surface area (Å²) in [5.41, 5.74) is -0.0183. The average Bonchev–Trinajstić information content (AvgIpc) is 3.23. The Hall–Kier alpha value is -3.12. The van der Waals surface area contributed by atoms with E-state index in [1.54, 1.807) is 16.7 Å². The quantitative estimate of drug-likeness (QED) is 0.328. The van der Waals surface area contributed by atoms with Gasteiger partial charge in [-0.25, -0.2) is 17.6 Å². The van der Waals surface area contributed by atoms with Crippen LogP contribution in [0.25, 0.3) is 5.69 Å². The molecule has 0 spiro atoms. The molecule has 1 fully saturated rings.